The third kappa shape index (κ3) is 5.49. The molecule has 0 fully saturated rings. The lowest BCUT2D eigenvalue weighted by molar-refractivity contribution is 1.28. The molecule has 0 atom stereocenters. The molecule has 0 N–H and O–H groups in total. The summed E-state index contributed by atoms with van der Waals surface area (Å²) in [5, 5.41) is 26.8. The Morgan fingerprint density at radius 2 is 0.824 bits per heavy atom. The first kappa shape index (κ1) is 33.2. The van der Waals surface area contributed by atoms with Crippen molar-refractivity contribution in [2.45, 2.75) is 33.4 Å². The fraction of sp³-hybridized carbons (Fsp3) is 0.111. The average Bonchev–Trinajstić information content (AvgIpc) is 3.54. The molecule has 0 aliphatic heterocycles. The van der Waals surface area contributed by atoms with Crippen LogP contribution in [0.2, 0.25) is 13.1 Å². The molecule has 6 aromatic rings. The third-order valence-electron chi connectivity index (χ3n) is 10.8. The maximum absolute atomic E-state index is 9.63. The topological polar surface area (TPSA) is 56.3 Å². The van der Waals surface area contributed by atoms with E-state index >= 15 is 0 Å². The summed E-state index contributed by atoms with van der Waals surface area (Å²) in [6, 6.07) is 46.4. The van der Waals surface area contributed by atoms with Gasteiger partial charge < -0.3 is 0 Å². The zero-order valence-corrected chi connectivity index (χ0v) is 31.0. The Morgan fingerprint density at radius 3 is 1.12 bits per heavy atom. The van der Waals surface area contributed by atoms with Crippen molar-refractivity contribution in [1.29, 1.82) is 10.5 Å². The Morgan fingerprint density at radius 1 is 0.510 bits per heavy atom. The van der Waals surface area contributed by atoms with Crippen molar-refractivity contribution in [2.24, 2.45) is 0 Å². The molecule has 0 bridgehead atoms. The summed E-state index contributed by atoms with van der Waals surface area (Å²) in [6.07, 6.45) is 0.786. The molecule has 4 nitrogen and oxygen atoms in total. The zero-order valence-electron chi connectivity index (χ0n) is 29.0. The Kier molecular flexibility index (Phi) is 8.39. The van der Waals surface area contributed by atoms with Crippen LogP contribution < -0.4 is 31.1 Å². The van der Waals surface area contributed by atoms with E-state index in [4.69, 9.17) is 13.1 Å². The van der Waals surface area contributed by atoms with Crippen molar-refractivity contribution in [1.82, 2.24) is 0 Å². The van der Waals surface area contributed by atoms with Crippen molar-refractivity contribution in [3.05, 3.63) is 178 Å². The lowest BCUT2D eigenvalue weighted by atomic mass is 10.0. The number of benzene rings is 6. The number of hydrogen-bond donors (Lipinski definition) is 0. The lowest BCUT2D eigenvalue weighted by Gasteiger charge is -2.33. The first-order chi connectivity index (χ1) is 24.6. The highest BCUT2D eigenvalue weighted by molar-refractivity contribution is 7.11. The van der Waals surface area contributed by atoms with E-state index in [9.17, 15) is 10.5 Å². The van der Waals surface area contributed by atoms with E-state index in [0.29, 0.717) is 22.5 Å². The summed E-state index contributed by atoms with van der Waals surface area (Å²) in [6.45, 7) is 24.3. The molecule has 0 unspecified atom stereocenters. The van der Waals surface area contributed by atoms with Gasteiger partial charge in [0.25, 0.3) is 0 Å². The highest BCUT2D eigenvalue weighted by Crippen LogP contribution is 2.38. The van der Waals surface area contributed by atoms with Gasteiger partial charge in [0.15, 0.2) is 11.4 Å². The van der Waals surface area contributed by atoms with Gasteiger partial charge in [-0.15, -0.1) is 0 Å². The molecule has 0 saturated heterocycles. The van der Waals surface area contributed by atoms with Crippen molar-refractivity contribution >= 4 is 58.6 Å². The van der Waals surface area contributed by atoms with Crippen LogP contribution in [0.5, 0.6) is 0 Å². The molecule has 0 aromatic heterocycles. The minimum absolute atomic E-state index is 0.621. The summed E-state index contributed by atoms with van der Waals surface area (Å²) in [7, 11) is -5.32. The van der Waals surface area contributed by atoms with Gasteiger partial charge in [0.1, 0.15) is 16.1 Å². The summed E-state index contributed by atoms with van der Waals surface area (Å²) in [5.41, 5.74) is 10.1. The largest absolute Gasteiger partial charge is 0.238 e. The summed E-state index contributed by atoms with van der Waals surface area (Å²) in [5.74, 6) is 0. The first-order valence-electron chi connectivity index (χ1n) is 16.9. The number of nitrogens with zero attached hydrogens (tertiary/aromatic N) is 4. The zero-order chi connectivity index (χ0) is 35.9. The van der Waals surface area contributed by atoms with Gasteiger partial charge >= 0.3 is 0 Å². The van der Waals surface area contributed by atoms with Gasteiger partial charge in [-0.05, 0) is 87.5 Å². The molecule has 1 aliphatic carbocycles. The van der Waals surface area contributed by atoms with E-state index in [1.54, 1.807) is 0 Å². The number of rotatable bonds is 6. The summed E-state index contributed by atoms with van der Waals surface area (Å²) >= 11 is 0. The molecule has 1 aliphatic rings. The Bertz CT molecular complexity index is 2210. The minimum atomic E-state index is -2.67. The highest BCUT2D eigenvalue weighted by Gasteiger charge is 2.42. The predicted octanol–water partition coefficient (Wildman–Crippen LogP) is 6.92. The van der Waals surface area contributed by atoms with Crippen LogP contribution >= 0.6 is 0 Å². The fourth-order valence-corrected chi connectivity index (χ4v) is 15.9. The molecule has 242 valence electrons. The molecular formula is C45H34N4Si2. The fourth-order valence-electron chi connectivity index (χ4n) is 8.01. The van der Waals surface area contributed by atoms with Crippen molar-refractivity contribution in [3.8, 4) is 23.3 Å². The molecule has 6 heteroatoms. The first-order valence-corrected chi connectivity index (χ1v) is 21.9. The quantitative estimate of drug-likeness (QED) is 0.108. The molecule has 0 saturated carbocycles. The molecule has 0 heterocycles. The molecule has 0 amide bonds. The molecule has 6 aromatic carbocycles. The molecule has 7 rings (SSSR count). The smallest absolute Gasteiger partial charge is 0.187 e. The molecule has 0 radical (unpaired) electrons. The third-order valence-corrected chi connectivity index (χ3v) is 19.8. The van der Waals surface area contributed by atoms with Crippen LogP contribution in [-0.4, -0.2) is 16.1 Å². The standard InChI is InChI=1S/C45H34N4Si2/c1-30-23-40-41-24-31(2)26-45(51(6,38-19-11-34(48-3)12-20-38)39-21-13-35(49-4)14-22-39)43(41)27-42(40)44(25-30)50(5,36-15-7-32(28-46)8-16-36)37-17-9-33(29-47)10-18-37/h7-26H,27H2,1-2,5-6H3. The maximum Gasteiger partial charge on any atom is 0.187 e. The van der Waals surface area contributed by atoms with Gasteiger partial charge in [-0.25, -0.2) is 9.69 Å². The second-order valence-corrected chi connectivity index (χ2v) is 21.7. The van der Waals surface area contributed by atoms with Crippen LogP contribution in [0.1, 0.15) is 33.4 Å². The van der Waals surface area contributed by atoms with E-state index in [-0.39, 0.29) is 0 Å². The predicted molar refractivity (Wildman–Crippen MR) is 213 cm³/mol. The monoisotopic (exact) mass is 686 g/mol. The van der Waals surface area contributed by atoms with Crippen LogP contribution in [0, 0.1) is 49.7 Å². The van der Waals surface area contributed by atoms with E-state index in [2.05, 4.69) is 122 Å². The Balaban J connectivity index is 1.49. The molecular weight excluding hydrogens is 653 g/mol. The molecule has 0 spiro atoms. The van der Waals surface area contributed by atoms with Crippen molar-refractivity contribution in [2.75, 3.05) is 0 Å². The summed E-state index contributed by atoms with van der Waals surface area (Å²) in [4.78, 5) is 7.35. The van der Waals surface area contributed by atoms with Gasteiger partial charge in [-0.1, -0.05) is 132 Å². The van der Waals surface area contributed by atoms with Gasteiger partial charge in [-0.3, -0.25) is 0 Å². The van der Waals surface area contributed by atoms with Crippen LogP contribution in [0.15, 0.2) is 121 Å². The second-order valence-electron chi connectivity index (χ2n) is 13.8. The number of aryl methyl sites for hydroxylation is 2. The Hall–Kier alpha value is -6.29. The van der Waals surface area contributed by atoms with Crippen LogP contribution in [-0.2, 0) is 6.42 Å². The van der Waals surface area contributed by atoms with Gasteiger partial charge in [0.2, 0.25) is 0 Å². The van der Waals surface area contributed by atoms with E-state index in [1.165, 1.54) is 64.5 Å². The number of fused-ring (bicyclic) bond motifs is 3. The lowest BCUT2D eigenvalue weighted by Crippen LogP contribution is -2.66. The van der Waals surface area contributed by atoms with Gasteiger partial charge in [-0.2, -0.15) is 10.5 Å². The normalized spacial score (nSPS) is 11.8. The summed E-state index contributed by atoms with van der Waals surface area (Å²) < 4.78 is 0. The number of nitriles is 2. The Labute approximate surface area is 302 Å². The highest BCUT2D eigenvalue weighted by atomic mass is 28.3. The van der Waals surface area contributed by atoms with Gasteiger partial charge in [0.05, 0.1) is 36.4 Å². The molecule has 51 heavy (non-hydrogen) atoms. The van der Waals surface area contributed by atoms with Crippen molar-refractivity contribution < 1.29 is 0 Å². The van der Waals surface area contributed by atoms with Crippen LogP contribution in [0.4, 0.5) is 11.4 Å². The van der Waals surface area contributed by atoms with E-state index < -0.39 is 16.1 Å². The second kappa shape index (κ2) is 12.9. The van der Waals surface area contributed by atoms with Crippen LogP contribution in [0.25, 0.3) is 20.8 Å². The average molecular weight is 687 g/mol. The van der Waals surface area contributed by atoms with E-state index in [1.807, 2.05) is 48.5 Å². The van der Waals surface area contributed by atoms with Crippen molar-refractivity contribution in [3.63, 3.8) is 0 Å². The van der Waals surface area contributed by atoms with Gasteiger partial charge in [0, 0.05) is 0 Å². The number of hydrogen-bond acceptors (Lipinski definition) is 2. The minimum Gasteiger partial charge on any atom is -0.238 e. The maximum atomic E-state index is 9.63. The van der Waals surface area contributed by atoms with E-state index in [0.717, 1.165) is 6.42 Å². The van der Waals surface area contributed by atoms with Crippen LogP contribution in [0.3, 0.4) is 0 Å². The SMILES string of the molecule is [C-]#[N+]c1ccc([Si](C)(c2ccc([N+]#[C-])cc2)c2cc(C)cc3c2Cc2c-3cc(C)cc2[Si](C)(c2ccc(C#N)cc2)c2ccc(C#N)cc2)cc1.